The molecule has 19 heavy (non-hydrogen) atoms. The number of rotatable bonds is 6. The van der Waals surface area contributed by atoms with Crippen molar-refractivity contribution in [2.45, 2.75) is 44.3 Å². The van der Waals surface area contributed by atoms with Crippen LogP contribution in [-0.2, 0) is 4.74 Å². The first-order chi connectivity index (χ1) is 9.24. The molecular formula is C15H22INO2. The van der Waals surface area contributed by atoms with Crippen molar-refractivity contribution >= 4 is 28.3 Å². The largest absolute Gasteiger partial charge is 0.389 e. The third kappa shape index (κ3) is 5.67. The molecule has 106 valence electrons. The lowest BCUT2D eigenvalue weighted by atomic mass is 9.98. The summed E-state index contributed by atoms with van der Waals surface area (Å²) in [5.74, 6) is 0. The molecule has 0 spiro atoms. The number of anilines is 1. The summed E-state index contributed by atoms with van der Waals surface area (Å²) in [5.41, 5.74) is 1.05. The van der Waals surface area contributed by atoms with Crippen LogP contribution in [0.4, 0.5) is 5.69 Å². The average Bonchev–Trinajstić information content (AvgIpc) is 2.44. The second-order valence-corrected chi connectivity index (χ2v) is 6.38. The summed E-state index contributed by atoms with van der Waals surface area (Å²) in [6.07, 6.45) is 6.08. The van der Waals surface area contributed by atoms with E-state index in [2.05, 4.69) is 34.0 Å². The number of aliphatic hydroxyl groups excluding tert-OH is 1. The summed E-state index contributed by atoms with van der Waals surface area (Å²) in [4.78, 5) is 0. The Morgan fingerprint density at radius 2 is 2.11 bits per heavy atom. The monoisotopic (exact) mass is 375 g/mol. The van der Waals surface area contributed by atoms with Crippen LogP contribution in [0.15, 0.2) is 24.3 Å². The number of nitrogens with one attached hydrogen (secondary N) is 1. The molecule has 4 heteroatoms. The van der Waals surface area contributed by atoms with Gasteiger partial charge < -0.3 is 15.2 Å². The second-order valence-electron chi connectivity index (χ2n) is 5.14. The molecule has 2 rings (SSSR count). The summed E-state index contributed by atoms with van der Waals surface area (Å²) in [7, 11) is 0. The Hall–Kier alpha value is -0.330. The van der Waals surface area contributed by atoms with Crippen LogP contribution in [0.1, 0.15) is 32.1 Å². The Morgan fingerprint density at radius 3 is 2.84 bits per heavy atom. The van der Waals surface area contributed by atoms with Gasteiger partial charge in [-0.25, -0.2) is 0 Å². The van der Waals surface area contributed by atoms with Gasteiger partial charge >= 0.3 is 0 Å². The third-order valence-corrected chi connectivity index (χ3v) is 4.11. The van der Waals surface area contributed by atoms with Crippen molar-refractivity contribution < 1.29 is 9.84 Å². The number of aliphatic hydroxyl groups is 1. The highest BCUT2D eigenvalue weighted by atomic mass is 127. The molecule has 0 heterocycles. The summed E-state index contributed by atoms with van der Waals surface area (Å²) in [6.45, 7) is 0.967. The number of hydrogen-bond acceptors (Lipinski definition) is 3. The molecular weight excluding hydrogens is 353 g/mol. The van der Waals surface area contributed by atoms with Crippen LogP contribution in [0.3, 0.4) is 0 Å². The first kappa shape index (κ1) is 15.1. The Morgan fingerprint density at radius 1 is 1.32 bits per heavy atom. The van der Waals surface area contributed by atoms with Gasteiger partial charge in [-0.15, -0.1) is 0 Å². The molecule has 1 aliphatic carbocycles. The molecule has 0 radical (unpaired) electrons. The standard InChI is InChI=1S/C15H22INO2/c16-12-5-4-6-13(9-12)17-10-14(18)11-19-15-7-2-1-3-8-15/h4-6,9,14-15,17-18H,1-3,7-8,10-11H2. The topological polar surface area (TPSA) is 41.5 Å². The minimum atomic E-state index is -0.445. The zero-order chi connectivity index (χ0) is 13.5. The number of hydrogen-bond donors (Lipinski definition) is 2. The smallest absolute Gasteiger partial charge is 0.0945 e. The van der Waals surface area contributed by atoms with E-state index >= 15 is 0 Å². The minimum Gasteiger partial charge on any atom is -0.389 e. The third-order valence-electron chi connectivity index (χ3n) is 3.44. The number of halogens is 1. The average molecular weight is 375 g/mol. The van der Waals surface area contributed by atoms with E-state index in [0.717, 1.165) is 18.5 Å². The normalized spacial score (nSPS) is 18.2. The molecule has 1 aliphatic rings. The van der Waals surface area contributed by atoms with Gasteiger partial charge in [0.2, 0.25) is 0 Å². The summed E-state index contributed by atoms with van der Waals surface area (Å²) < 4.78 is 6.96. The van der Waals surface area contributed by atoms with Crippen LogP contribution in [0.2, 0.25) is 0 Å². The van der Waals surface area contributed by atoms with Crippen LogP contribution < -0.4 is 5.32 Å². The van der Waals surface area contributed by atoms with Gasteiger partial charge in [-0.2, -0.15) is 0 Å². The van der Waals surface area contributed by atoms with Gasteiger partial charge in [0.05, 0.1) is 18.8 Å². The van der Waals surface area contributed by atoms with Gasteiger partial charge in [-0.3, -0.25) is 0 Å². The Labute approximate surface area is 128 Å². The predicted molar refractivity (Wildman–Crippen MR) is 86.5 cm³/mol. The van der Waals surface area contributed by atoms with E-state index in [1.165, 1.54) is 22.8 Å². The van der Waals surface area contributed by atoms with Crippen molar-refractivity contribution in [2.75, 3.05) is 18.5 Å². The van der Waals surface area contributed by atoms with Gasteiger partial charge in [-0.05, 0) is 53.6 Å². The van der Waals surface area contributed by atoms with Crippen molar-refractivity contribution in [3.05, 3.63) is 27.8 Å². The fourth-order valence-electron chi connectivity index (χ4n) is 2.37. The zero-order valence-electron chi connectivity index (χ0n) is 11.1. The van der Waals surface area contributed by atoms with E-state index < -0.39 is 6.10 Å². The molecule has 1 aromatic rings. The maximum Gasteiger partial charge on any atom is 0.0945 e. The van der Waals surface area contributed by atoms with Crippen molar-refractivity contribution in [3.63, 3.8) is 0 Å². The molecule has 1 atom stereocenters. The highest BCUT2D eigenvalue weighted by Crippen LogP contribution is 2.20. The number of benzene rings is 1. The van der Waals surface area contributed by atoms with Crippen molar-refractivity contribution in [1.82, 2.24) is 0 Å². The van der Waals surface area contributed by atoms with E-state index in [0.29, 0.717) is 19.3 Å². The molecule has 3 nitrogen and oxygen atoms in total. The molecule has 0 saturated heterocycles. The number of ether oxygens (including phenoxy) is 1. The SMILES string of the molecule is OC(CNc1cccc(I)c1)COC1CCCCC1. The van der Waals surface area contributed by atoms with E-state index in [4.69, 9.17) is 4.74 Å². The van der Waals surface area contributed by atoms with Gasteiger partial charge in [0.1, 0.15) is 0 Å². The molecule has 1 saturated carbocycles. The van der Waals surface area contributed by atoms with Gasteiger partial charge in [0, 0.05) is 15.8 Å². The highest BCUT2D eigenvalue weighted by molar-refractivity contribution is 14.1. The second kappa shape index (κ2) is 8.07. The summed E-state index contributed by atoms with van der Waals surface area (Å²) in [5, 5.41) is 13.2. The van der Waals surface area contributed by atoms with Crippen LogP contribution in [0.25, 0.3) is 0 Å². The van der Waals surface area contributed by atoms with E-state index in [9.17, 15) is 5.11 Å². The predicted octanol–water partition coefficient (Wildman–Crippen LogP) is 3.41. The van der Waals surface area contributed by atoms with Gasteiger partial charge in [-0.1, -0.05) is 25.3 Å². The lowest BCUT2D eigenvalue weighted by molar-refractivity contribution is -0.0195. The Kier molecular flexibility index (Phi) is 6.40. The maximum atomic E-state index is 9.92. The van der Waals surface area contributed by atoms with Crippen LogP contribution in [-0.4, -0.2) is 30.5 Å². The highest BCUT2D eigenvalue weighted by Gasteiger charge is 2.15. The summed E-state index contributed by atoms with van der Waals surface area (Å²) in [6, 6.07) is 8.13. The summed E-state index contributed by atoms with van der Waals surface area (Å²) >= 11 is 2.28. The lowest BCUT2D eigenvalue weighted by Gasteiger charge is -2.23. The van der Waals surface area contributed by atoms with E-state index in [1.807, 2.05) is 18.2 Å². The van der Waals surface area contributed by atoms with E-state index in [-0.39, 0.29) is 0 Å². The molecule has 0 bridgehead atoms. The van der Waals surface area contributed by atoms with Crippen molar-refractivity contribution in [1.29, 1.82) is 0 Å². The Bertz CT molecular complexity index is 380. The molecule has 1 unspecified atom stereocenters. The first-order valence-electron chi connectivity index (χ1n) is 7.03. The quantitative estimate of drug-likeness (QED) is 0.749. The molecule has 1 aromatic carbocycles. The van der Waals surface area contributed by atoms with Crippen molar-refractivity contribution in [3.8, 4) is 0 Å². The first-order valence-corrected chi connectivity index (χ1v) is 8.11. The molecule has 0 amide bonds. The Balaban J connectivity index is 1.65. The van der Waals surface area contributed by atoms with Gasteiger partial charge in [0.15, 0.2) is 0 Å². The molecule has 0 aromatic heterocycles. The van der Waals surface area contributed by atoms with Crippen LogP contribution in [0.5, 0.6) is 0 Å². The van der Waals surface area contributed by atoms with E-state index in [1.54, 1.807) is 0 Å². The zero-order valence-corrected chi connectivity index (χ0v) is 13.3. The van der Waals surface area contributed by atoms with Crippen LogP contribution >= 0.6 is 22.6 Å². The van der Waals surface area contributed by atoms with Crippen LogP contribution in [0, 0.1) is 3.57 Å². The maximum absolute atomic E-state index is 9.92. The minimum absolute atomic E-state index is 0.362. The molecule has 2 N–H and O–H groups in total. The molecule has 1 fully saturated rings. The fraction of sp³-hybridized carbons (Fsp3) is 0.600. The lowest BCUT2D eigenvalue weighted by Crippen LogP contribution is -2.28. The van der Waals surface area contributed by atoms with Crippen molar-refractivity contribution in [2.24, 2.45) is 0 Å². The molecule has 0 aliphatic heterocycles. The fourth-order valence-corrected chi connectivity index (χ4v) is 2.92. The van der Waals surface area contributed by atoms with Gasteiger partial charge in [0.25, 0.3) is 0 Å².